The van der Waals surface area contributed by atoms with Crippen molar-refractivity contribution in [3.63, 3.8) is 0 Å². The Morgan fingerprint density at radius 3 is 2.63 bits per heavy atom. The lowest BCUT2D eigenvalue weighted by Gasteiger charge is -2.09. The van der Waals surface area contributed by atoms with Gasteiger partial charge in [0.1, 0.15) is 0 Å². The fourth-order valence-corrected chi connectivity index (χ4v) is 3.45. The highest BCUT2D eigenvalue weighted by Crippen LogP contribution is 2.22. The smallest absolute Gasteiger partial charge is 0.240 e. The molecule has 0 bridgehead atoms. The van der Waals surface area contributed by atoms with Gasteiger partial charge in [0.2, 0.25) is 5.91 Å². The molecule has 3 aromatic rings. The molecule has 0 saturated carbocycles. The Kier molecular flexibility index (Phi) is 6.24. The summed E-state index contributed by atoms with van der Waals surface area (Å²) in [6, 6.07) is 20.2. The van der Waals surface area contributed by atoms with Crippen LogP contribution in [0.4, 0.5) is 0 Å². The lowest BCUT2D eigenvalue weighted by Crippen LogP contribution is -2.17. The van der Waals surface area contributed by atoms with Crippen molar-refractivity contribution in [2.24, 2.45) is 5.10 Å². The second-order valence-electron chi connectivity index (χ2n) is 6.42. The molecule has 0 aliphatic rings. The van der Waals surface area contributed by atoms with Crippen LogP contribution in [0.2, 0.25) is 0 Å². The molecule has 0 spiro atoms. The number of hydrazone groups is 1. The largest absolute Gasteiger partial charge is 0.318 e. The van der Waals surface area contributed by atoms with Crippen LogP contribution < -0.4 is 5.43 Å². The lowest BCUT2D eigenvalue weighted by atomic mass is 10.1. The molecule has 3 rings (SSSR count). The highest BCUT2D eigenvalue weighted by atomic mass is 79.9. The van der Waals surface area contributed by atoms with Crippen molar-refractivity contribution in [3.05, 3.63) is 87.7 Å². The van der Waals surface area contributed by atoms with Crippen LogP contribution in [0.15, 0.2) is 70.2 Å². The van der Waals surface area contributed by atoms with E-state index in [1.165, 1.54) is 0 Å². The van der Waals surface area contributed by atoms with Gasteiger partial charge in [-0.15, -0.1) is 0 Å². The van der Waals surface area contributed by atoms with Gasteiger partial charge in [-0.2, -0.15) is 5.10 Å². The number of hydrogen-bond donors (Lipinski definition) is 1. The molecule has 1 N–H and O–H groups in total. The zero-order valence-electron chi connectivity index (χ0n) is 15.4. The van der Waals surface area contributed by atoms with Crippen LogP contribution in [-0.2, 0) is 11.2 Å². The average Bonchev–Trinajstić information content (AvgIpc) is 2.94. The molecule has 0 radical (unpaired) electrons. The first-order valence-electron chi connectivity index (χ1n) is 8.85. The molecule has 0 aliphatic heterocycles. The number of aryl methyl sites for hydroxylation is 2. The molecule has 27 heavy (non-hydrogen) atoms. The maximum atomic E-state index is 12.0. The Bertz CT molecular complexity index is 961. The molecule has 0 unspecified atom stereocenters. The molecule has 138 valence electrons. The number of halogens is 1. The average molecular weight is 424 g/mol. The first-order chi connectivity index (χ1) is 13.0. The lowest BCUT2D eigenvalue weighted by molar-refractivity contribution is -0.121. The Morgan fingerprint density at radius 2 is 1.89 bits per heavy atom. The van der Waals surface area contributed by atoms with E-state index in [1.807, 2.05) is 49.4 Å². The summed E-state index contributed by atoms with van der Waals surface area (Å²) >= 11 is 3.52. The van der Waals surface area contributed by atoms with Crippen LogP contribution in [-0.4, -0.2) is 16.7 Å². The van der Waals surface area contributed by atoms with Crippen LogP contribution in [0, 0.1) is 13.8 Å². The monoisotopic (exact) mass is 423 g/mol. The summed E-state index contributed by atoms with van der Waals surface area (Å²) in [6.45, 7) is 4.11. The molecule has 1 heterocycles. The molecule has 0 aliphatic carbocycles. The second kappa shape index (κ2) is 8.82. The molecular weight excluding hydrogens is 402 g/mol. The van der Waals surface area contributed by atoms with E-state index >= 15 is 0 Å². The highest BCUT2D eigenvalue weighted by molar-refractivity contribution is 9.10. The van der Waals surface area contributed by atoms with Gasteiger partial charge in [0.25, 0.3) is 0 Å². The normalized spacial score (nSPS) is 11.1. The molecular formula is C22H22BrN3O. The molecule has 5 heteroatoms. The number of aromatic nitrogens is 1. The van der Waals surface area contributed by atoms with Crippen LogP contribution in [0.5, 0.6) is 0 Å². The van der Waals surface area contributed by atoms with Gasteiger partial charge in [-0.3, -0.25) is 4.79 Å². The molecule has 0 saturated heterocycles. The fraction of sp³-hybridized carbons (Fsp3) is 0.182. The van der Waals surface area contributed by atoms with Crippen molar-refractivity contribution in [2.75, 3.05) is 0 Å². The van der Waals surface area contributed by atoms with Gasteiger partial charge in [0.15, 0.2) is 0 Å². The number of benzene rings is 2. The summed E-state index contributed by atoms with van der Waals surface area (Å²) < 4.78 is 3.21. The van der Waals surface area contributed by atoms with Crippen molar-refractivity contribution in [1.82, 2.24) is 9.99 Å². The van der Waals surface area contributed by atoms with Crippen molar-refractivity contribution < 1.29 is 4.79 Å². The summed E-state index contributed by atoms with van der Waals surface area (Å²) in [6.07, 6.45) is 2.83. The van der Waals surface area contributed by atoms with Crippen molar-refractivity contribution >= 4 is 28.1 Å². The first-order valence-corrected chi connectivity index (χ1v) is 9.64. The van der Waals surface area contributed by atoms with Gasteiger partial charge in [-0.1, -0.05) is 52.3 Å². The summed E-state index contributed by atoms with van der Waals surface area (Å²) in [5.74, 6) is -0.0871. The molecule has 2 aromatic carbocycles. The van der Waals surface area contributed by atoms with Crippen LogP contribution in [0.25, 0.3) is 5.69 Å². The number of rotatable bonds is 6. The van der Waals surface area contributed by atoms with E-state index in [9.17, 15) is 4.79 Å². The van der Waals surface area contributed by atoms with Crippen molar-refractivity contribution in [2.45, 2.75) is 26.7 Å². The van der Waals surface area contributed by atoms with E-state index in [1.54, 1.807) is 6.21 Å². The van der Waals surface area contributed by atoms with Gasteiger partial charge in [0.05, 0.1) is 6.21 Å². The Labute approximate surface area is 168 Å². The van der Waals surface area contributed by atoms with Crippen LogP contribution >= 0.6 is 15.9 Å². The Hall–Kier alpha value is -2.66. The molecule has 0 atom stereocenters. The highest BCUT2D eigenvalue weighted by Gasteiger charge is 2.09. The van der Waals surface area contributed by atoms with Gasteiger partial charge < -0.3 is 4.57 Å². The summed E-state index contributed by atoms with van der Waals surface area (Å²) in [5, 5.41) is 4.13. The topological polar surface area (TPSA) is 46.4 Å². The van der Waals surface area contributed by atoms with E-state index in [4.69, 9.17) is 0 Å². The van der Waals surface area contributed by atoms with Gasteiger partial charge >= 0.3 is 0 Å². The molecule has 0 fully saturated rings. The number of carbonyl (C=O) groups excluding carboxylic acids is 1. The van der Waals surface area contributed by atoms with E-state index in [0.717, 1.165) is 32.7 Å². The molecule has 1 aromatic heterocycles. The maximum Gasteiger partial charge on any atom is 0.240 e. The molecule has 1 amide bonds. The zero-order valence-corrected chi connectivity index (χ0v) is 17.0. The number of nitrogens with one attached hydrogen (secondary N) is 1. The number of carbonyl (C=O) groups is 1. The first kappa shape index (κ1) is 19.1. The van der Waals surface area contributed by atoms with Gasteiger partial charge in [0, 0.05) is 33.5 Å². The minimum atomic E-state index is -0.0871. The van der Waals surface area contributed by atoms with E-state index < -0.39 is 0 Å². The molecule has 4 nitrogen and oxygen atoms in total. The predicted molar refractivity (Wildman–Crippen MR) is 113 cm³/mol. The van der Waals surface area contributed by atoms with E-state index in [0.29, 0.717) is 12.8 Å². The standard InChI is InChI=1S/C22H22BrN3O/c1-16-13-19(17(2)26(16)21-10-6-9-20(23)14-21)15-24-25-22(27)12-11-18-7-4-3-5-8-18/h3-10,13-15H,11-12H2,1-2H3,(H,25,27)/b24-15-. The second-order valence-corrected chi connectivity index (χ2v) is 7.34. The minimum absolute atomic E-state index is 0.0871. The minimum Gasteiger partial charge on any atom is -0.318 e. The third-order valence-electron chi connectivity index (χ3n) is 4.41. The predicted octanol–water partition coefficient (Wildman–Crippen LogP) is 4.94. The summed E-state index contributed by atoms with van der Waals surface area (Å²) in [7, 11) is 0. The van der Waals surface area contributed by atoms with Crippen molar-refractivity contribution in [3.8, 4) is 5.69 Å². The van der Waals surface area contributed by atoms with E-state index in [2.05, 4.69) is 56.1 Å². The third-order valence-corrected chi connectivity index (χ3v) is 4.91. The third kappa shape index (κ3) is 4.95. The van der Waals surface area contributed by atoms with Gasteiger partial charge in [-0.05, 0) is 50.1 Å². The van der Waals surface area contributed by atoms with Crippen LogP contribution in [0.1, 0.15) is 28.9 Å². The summed E-state index contributed by atoms with van der Waals surface area (Å²) in [4.78, 5) is 12.0. The van der Waals surface area contributed by atoms with Gasteiger partial charge in [-0.25, -0.2) is 5.43 Å². The summed E-state index contributed by atoms with van der Waals surface area (Å²) in [5.41, 5.74) is 8.03. The fourth-order valence-electron chi connectivity index (χ4n) is 3.06. The Morgan fingerprint density at radius 1 is 1.11 bits per heavy atom. The Balaban J connectivity index is 1.64. The number of nitrogens with zero attached hydrogens (tertiary/aromatic N) is 2. The SMILES string of the molecule is Cc1cc(/C=N\NC(=O)CCc2ccccc2)c(C)n1-c1cccc(Br)c1. The van der Waals surface area contributed by atoms with E-state index in [-0.39, 0.29) is 5.91 Å². The van der Waals surface area contributed by atoms with Crippen LogP contribution in [0.3, 0.4) is 0 Å². The van der Waals surface area contributed by atoms with Crippen molar-refractivity contribution in [1.29, 1.82) is 0 Å². The quantitative estimate of drug-likeness (QED) is 0.442. The zero-order chi connectivity index (χ0) is 19.2. The number of amides is 1. The maximum absolute atomic E-state index is 12.0. The number of hydrogen-bond acceptors (Lipinski definition) is 2.